The third kappa shape index (κ3) is 42.6. The van der Waals surface area contributed by atoms with Crippen LogP contribution in [0.2, 0.25) is 0 Å². The highest BCUT2D eigenvalue weighted by Gasteiger charge is 2.24. The van der Waals surface area contributed by atoms with Crippen LogP contribution < -0.4 is 5.32 Å². The maximum absolute atomic E-state index is 13.2. The second-order valence-corrected chi connectivity index (χ2v) is 17.6. The van der Waals surface area contributed by atoms with E-state index in [4.69, 9.17) is 4.74 Å². The largest absolute Gasteiger partial charge is 0.462 e. The number of aliphatic hydroxyl groups is 2. The standard InChI is InChI=1S/C53H99NO5/c1-4-7-10-13-16-19-22-24-25-26-27-28-31-34-37-40-43-46-53(58)59-49(44-41-38-35-32-29-21-18-15-12-9-6-3)47-52(57)54-50(48-55)51(56)45-42-39-36-33-30-23-20-17-14-11-8-5-2/h16,19,24-25,32,35,49-51,55-56H,4-15,17-18,20-23,26-31,33-34,36-48H2,1-3H3,(H,54,57)/b19-16-,25-24-,35-32-. The summed E-state index contributed by atoms with van der Waals surface area (Å²) in [6.07, 6.45) is 54.9. The van der Waals surface area contributed by atoms with Gasteiger partial charge >= 0.3 is 5.97 Å². The molecular formula is C53H99NO5. The van der Waals surface area contributed by atoms with Gasteiger partial charge in [0.1, 0.15) is 6.10 Å². The van der Waals surface area contributed by atoms with Crippen LogP contribution in [-0.2, 0) is 14.3 Å². The summed E-state index contributed by atoms with van der Waals surface area (Å²) in [4.78, 5) is 26.1. The number of rotatable bonds is 46. The van der Waals surface area contributed by atoms with E-state index in [-0.39, 0.29) is 24.9 Å². The second-order valence-electron chi connectivity index (χ2n) is 17.6. The highest BCUT2D eigenvalue weighted by molar-refractivity contribution is 5.77. The number of hydrogen-bond donors (Lipinski definition) is 3. The Bertz CT molecular complexity index is 977. The van der Waals surface area contributed by atoms with E-state index in [0.29, 0.717) is 19.3 Å². The van der Waals surface area contributed by atoms with Crippen LogP contribution in [0.4, 0.5) is 0 Å². The molecule has 6 heteroatoms. The fourth-order valence-corrected chi connectivity index (χ4v) is 7.76. The van der Waals surface area contributed by atoms with Crippen molar-refractivity contribution in [3.63, 3.8) is 0 Å². The van der Waals surface area contributed by atoms with Crippen molar-refractivity contribution < 1.29 is 24.5 Å². The SMILES string of the molecule is CCCCC/C=C\C/C=C\CCCCCCCCCC(=O)OC(CCC/C=C\CCCCCCCC)CC(=O)NC(CO)C(O)CCCCCCCCCCCCCC. The Balaban J connectivity index is 4.55. The van der Waals surface area contributed by atoms with Crippen LogP contribution in [0.1, 0.15) is 265 Å². The van der Waals surface area contributed by atoms with Crippen molar-refractivity contribution in [2.75, 3.05) is 6.61 Å². The molecule has 0 bridgehead atoms. The molecule has 346 valence electrons. The molecule has 0 aromatic carbocycles. The van der Waals surface area contributed by atoms with Crippen molar-refractivity contribution in [2.45, 2.75) is 283 Å². The van der Waals surface area contributed by atoms with E-state index in [1.807, 2.05) is 0 Å². The van der Waals surface area contributed by atoms with E-state index < -0.39 is 18.2 Å². The maximum atomic E-state index is 13.2. The van der Waals surface area contributed by atoms with Crippen molar-refractivity contribution in [3.8, 4) is 0 Å². The normalized spacial score (nSPS) is 13.5. The predicted molar refractivity (Wildman–Crippen MR) is 255 cm³/mol. The van der Waals surface area contributed by atoms with E-state index in [2.05, 4.69) is 62.5 Å². The number of amides is 1. The van der Waals surface area contributed by atoms with Crippen LogP contribution in [-0.4, -0.2) is 46.9 Å². The summed E-state index contributed by atoms with van der Waals surface area (Å²) < 4.78 is 5.91. The van der Waals surface area contributed by atoms with Crippen molar-refractivity contribution in [2.24, 2.45) is 0 Å². The molecule has 0 spiro atoms. The fraction of sp³-hybridized carbons (Fsp3) is 0.849. The van der Waals surface area contributed by atoms with E-state index in [1.165, 1.54) is 148 Å². The molecule has 0 rings (SSSR count). The number of unbranched alkanes of at least 4 members (excludes halogenated alkanes) is 28. The minimum Gasteiger partial charge on any atom is -0.462 e. The van der Waals surface area contributed by atoms with Gasteiger partial charge < -0.3 is 20.3 Å². The average molecular weight is 830 g/mol. The highest BCUT2D eigenvalue weighted by atomic mass is 16.5. The van der Waals surface area contributed by atoms with E-state index in [9.17, 15) is 19.8 Å². The monoisotopic (exact) mass is 830 g/mol. The first-order valence-corrected chi connectivity index (χ1v) is 25.7. The Hall–Kier alpha value is -1.92. The molecule has 0 aliphatic carbocycles. The molecule has 0 heterocycles. The Morgan fingerprint density at radius 1 is 0.492 bits per heavy atom. The molecule has 3 unspecified atom stereocenters. The van der Waals surface area contributed by atoms with E-state index >= 15 is 0 Å². The lowest BCUT2D eigenvalue weighted by Crippen LogP contribution is -2.46. The third-order valence-electron chi connectivity index (χ3n) is 11.7. The van der Waals surface area contributed by atoms with Crippen molar-refractivity contribution >= 4 is 11.9 Å². The summed E-state index contributed by atoms with van der Waals surface area (Å²) in [6.45, 7) is 6.44. The molecule has 59 heavy (non-hydrogen) atoms. The average Bonchev–Trinajstić information content (AvgIpc) is 3.23. The zero-order valence-electron chi connectivity index (χ0n) is 39.4. The van der Waals surface area contributed by atoms with Gasteiger partial charge in [-0.15, -0.1) is 0 Å². The van der Waals surface area contributed by atoms with Crippen molar-refractivity contribution in [3.05, 3.63) is 36.5 Å². The zero-order valence-corrected chi connectivity index (χ0v) is 39.4. The molecule has 0 fully saturated rings. The van der Waals surface area contributed by atoms with E-state index in [1.54, 1.807) is 0 Å². The Morgan fingerprint density at radius 3 is 1.37 bits per heavy atom. The van der Waals surface area contributed by atoms with Crippen LogP contribution in [0.15, 0.2) is 36.5 Å². The molecule has 6 nitrogen and oxygen atoms in total. The number of nitrogens with one attached hydrogen (secondary N) is 1. The minimum absolute atomic E-state index is 0.0555. The Kier molecular flexibility index (Phi) is 45.6. The first-order valence-electron chi connectivity index (χ1n) is 25.7. The topological polar surface area (TPSA) is 95.9 Å². The number of ether oxygens (including phenoxy) is 1. The lowest BCUT2D eigenvalue weighted by Gasteiger charge is -2.24. The molecular weight excluding hydrogens is 731 g/mol. The molecule has 0 radical (unpaired) electrons. The molecule has 0 aliphatic rings. The van der Waals surface area contributed by atoms with Gasteiger partial charge in [-0.25, -0.2) is 0 Å². The van der Waals surface area contributed by atoms with Crippen molar-refractivity contribution in [1.29, 1.82) is 0 Å². The first-order chi connectivity index (χ1) is 29.0. The van der Waals surface area contributed by atoms with Gasteiger partial charge in [-0.1, -0.05) is 211 Å². The summed E-state index contributed by atoms with van der Waals surface area (Å²) in [5.41, 5.74) is 0. The first kappa shape index (κ1) is 57.1. The van der Waals surface area contributed by atoms with Gasteiger partial charge in [-0.05, 0) is 77.0 Å². The number of carbonyl (C=O) groups is 2. The van der Waals surface area contributed by atoms with Crippen LogP contribution in [0, 0.1) is 0 Å². The van der Waals surface area contributed by atoms with Gasteiger partial charge in [0.05, 0.1) is 25.2 Å². The van der Waals surface area contributed by atoms with Crippen LogP contribution >= 0.6 is 0 Å². The summed E-state index contributed by atoms with van der Waals surface area (Å²) in [6, 6.07) is -0.708. The molecule has 0 saturated carbocycles. The Morgan fingerprint density at radius 2 is 0.881 bits per heavy atom. The van der Waals surface area contributed by atoms with Gasteiger partial charge in [0, 0.05) is 6.42 Å². The lowest BCUT2D eigenvalue weighted by atomic mass is 10.0. The van der Waals surface area contributed by atoms with Gasteiger partial charge in [0.2, 0.25) is 5.91 Å². The fourth-order valence-electron chi connectivity index (χ4n) is 7.76. The Labute approximate surface area is 366 Å². The molecule has 0 aliphatic heterocycles. The van der Waals surface area contributed by atoms with Crippen molar-refractivity contribution in [1.82, 2.24) is 5.32 Å². The quantitative estimate of drug-likeness (QED) is 0.0323. The number of hydrogen-bond acceptors (Lipinski definition) is 5. The molecule has 0 aromatic heterocycles. The minimum atomic E-state index is -0.793. The number of carbonyl (C=O) groups excluding carboxylic acids is 2. The summed E-state index contributed by atoms with van der Waals surface area (Å²) >= 11 is 0. The van der Waals surface area contributed by atoms with Gasteiger partial charge in [-0.3, -0.25) is 9.59 Å². The third-order valence-corrected chi connectivity index (χ3v) is 11.7. The lowest BCUT2D eigenvalue weighted by molar-refractivity contribution is -0.151. The van der Waals surface area contributed by atoms with Gasteiger partial charge in [0.25, 0.3) is 0 Å². The smallest absolute Gasteiger partial charge is 0.306 e. The second kappa shape index (κ2) is 47.1. The predicted octanol–water partition coefficient (Wildman–Crippen LogP) is 15.3. The molecule has 0 saturated heterocycles. The number of allylic oxidation sites excluding steroid dienone is 6. The van der Waals surface area contributed by atoms with Crippen LogP contribution in [0.25, 0.3) is 0 Å². The molecule has 0 aromatic rings. The zero-order chi connectivity index (χ0) is 43.1. The highest BCUT2D eigenvalue weighted by Crippen LogP contribution is 2.17. The maximum Gasteiger partial charge on any atom is 0.306 e. The molecule has 3 N–H and O–H groups in total. The molecule has 1 amide bonds. The summed E-state index contributed by atoms with van der Waals surface area (Å²) in [5, 5.41) is 23.7. The number of aliphatic hydroxyl groups excluding tert-OH is 2. The number of esters is 1. The molecule has 3 atom stereocenters. The summed E-state index contributed by atoms with van der Waals surface area (Å²) in [7, 11) is 0. The van der Waals surface area contributed by atoms with Gasteiger partial charge in [0.15, 0.2) is 0 Å². The summed E-state index contributed by atoms with van der Waals surface area (Å²) in [5.74, 6) is -0.505. The van der Waals surface area contributed by atoms with Crippen LogP contribution in [0.3, 0.4) is 0 Å². The van der Waals surface area contributed by atoms with E-state index in [0.717, 1.165) is 70.6 Å². The van der Waals surface area contributed by atoms with Gasteiger partial charge in [-0.2, -0.15) is 0 Å². The van der Waals surface area contributed by atoms with Crippen LogP contribution in [0.5, 0.6) is 0 Å².